The lowest BCUT2D eigenvalue weighted by molar-refractivity contribution is 0.457. The molecule has 2 nitrogen and oxygen atoms in total. The molecule has 1 aliphatic carbocycles. The van der Waals surface area contributed by atoms with Crippen molar-refractivity contribution in [3.05, 3.63) is 35.9 Å². The molecule has 0 heterocycles. The Labute approximate surface area is 124 Å². The van der Waals surface area contributed by atoms with Crippen LogP contribution in [0.1, 0.15) is 39.7 Å². The van der Waals surface area contributed by atoms with E-state index >= 15 is 0 Å². The maximum atomic E-state index is 6.20. The Morgan fingerprint density at radius 1 is 1.10 bits per heavy atom. The Balaban J connectivity index is 1.63. The average molecular weight is 274 g/mol. The molecule has 2 rings (SSSR count). The Bertz CT molecular complexity index is 408. The first kappa shape index (κ1) is 15.5. The Morgan fingerprint density at radius 3 is 2.25 bits per heavy atom. The summed E-state index contributed by atoms with van der Waals surface area (Å²) in [6.07, 6.45) is 2.12. The first-order valence-corrected chi connectivity index (χ1v) is 7.86. The number of hydrogen-bond acceptors (Lipinski definition) is 2. The van der Waals surface area contributed by atoms with Crippen molar-refractivity contribution in [3.8, 4) is 0 Å². The molecule has 112 valence electrons. The van der Waals surface area contributed by atoms with Crippen LogP contribution in [-0.2, 0) is 6.42 Å². The number of hydrogen-bond donors (Lipinski definition) is 2. The standard InChI is InChI=1S/C18H30N2/c1-17(2)16(18(17,3)4)13-20-12-15(19)11-10-14-8-6-5-7-9-14/h5-9,15-16,20H,10-13,19H2,1-4H3. The Kier molecular flexibility index (Phi) is 4.55. The lowest BCUT2D eigenvalue weighted by atomic mass is 10.0. The lowest BCUT2D eigenvalue weighted by Crippen LogP contribution is -2.35. The maximum Gasteiger partial charge on any atom is 0.0168 e. The number of aryl methyl sites for hydroxylation is 1. The van der Waals surface area contributed by atoms with Gasteiger partial charge in [-0.3, -0.25) is 0 Å². The van der Waals surface area contributed by atoms with Gasteiger partial charge in [-0.25, -0.2) is 0 Å². The normalized spacial score (nSPS) is 21.6. The van der Waals surface area contributed by atoms with Gasteiger partial charge >= 0.3 is 0 Å². The number of nitrogens with two attached hydrogens (primary N) is 1. The summed E-state index contributed by atoms with van der Waals surface area (Å²) >= 11 is 0. The molecule has 0 saturated heterocycles. The van der Waals surface area contributed by atoms with Gasteiger partial charge < -0.3 is 11.1 Å². The monoisotopic (exact) mass is 274 g/mol. The zero-order valence-corrected chi connectivity index (χ0v) is 13.4. The van der Waals surface area contributed by atoms with E-state index in [1.54, 1.807) is 0 Å². The highest BCUT2D eigenvalue weighted by atomic mass is 14.9. The number of rotatable bonds is 7. The van der Waals surface area contributed by atoms with E-state index in [1.807, 2.05) is 0 Å². The van der Waals surface area contributed by atoms with Gasteiger partial charge in [0.2, 0.25) is 0 Å². The van der Waals surface area contributed by atoms with Crippen LogP contribution in [0.4, 0.5) is 0 Å². The highest BCUT2D eigenvalue weighted by molar-refractivity contribution is 5.15. The fourth-order valence-corrected chi connectivity index (χ4v) is 3.36. The van der Waals surface area contributed by atoms with Crippen molar-refractivity contribution in [1.29, 1.82) is 0 Å². The summed E-state index contributed by atoms with van der Waals surface area (Å²) < 4.78 is 0. The van der Waals surface area contributed by atoms with E-state index in [4.69, 9.17) is 5.73 Å². The molecule has 0 spiro atoms. The SMILES string of the molecule is CC1(C)C(CNCC(N)CCc2ccccc2)C1(C)C. The van der Waals surface area contributed by atoms with Crippen molar-refractivity contribution in [2.24, 2.45) is 22.5 Å². The summed E-state index contributed by atoms with van der Waals surface area (Å²) in [6.45, 7) is 11.5. The van der Waals surface area contributed by atoms with Crippen LogP contribution < -0.4 is 11.1 Å². The highest BCUT2D eigenvalue weighted by Crippen LogP contribution is 2.67. The third-order valence-corrected chi connectivity index (χ3v) is 5.72. The summed E-state index contributed by atoms with van der Waals surface area (Å²) in [5, 5.41) is 3.57. The zero-order chi connectivity index (χ0) is 14.8. The van der Waals surface area contributed by atoms with Crippen molar-refractivity contribution >= 4 is 0 Å². The van der Waals surface area contributed by atoms with Gasteiger partial charge in [-0.15, -0.1) is 0 Å². The van der Waals surface area contributed by atoms with Gasteiger partial charge in [0.15, 0.2) is 0 Å². The molecule has 0 amide bonds. The van der Waals surface area contributed by atoms with Crippen molar-refractivity contribution in [1.82, 2.24) is 5.32 Å². The van der Waals surface area contributed by atoms with Crippen LogP contribution >= 0.6 is 0 Å². The first-order chi connectivity index (χ1) is 9.35. The van der Waals surface area contributed by atoms with Crippen LogP contribution in [0.25, 0.3) is 0 Å². The summed E-state index contributed by atoms with van der Waals surface area (Å²) in [4.78, 5) is 0. The second-order valence-electron chi connectivity index (χ2n) is 7.44. The van der Waals surface area contributed by atoms with Crippen molar-refractivity contribution in [2.75, 3.05) is 13.1 Å². The van der Waals surface area contributed by atoms with E-state index in [-0.39, 0.29) is 6.04 Å². The average Bonchev–Trinajstić information content (AvgIpc) is 2.80. The van der Waals surface area contributed by atoms with Crippen LogP contribution in [0, 0.1) is 16.7 Å². The van der Waals surface area contributed by atoms with E-state index in [9.17, 15) is 0 Å². The van der Waals surface area contributed by atoms with Gasteiger partial charge in [0.25, 0.3) is 0 Å². The van der Waals surface area contributed by atoms with E-state index in [2.05, 4.69) is 63.3 Å². The van der Waals surface area contributed by atoms with Gasteiger partial charge in [-0.1, -0.05) is 58.0 Å². The molecule has 1 unspecified atom stereocenters. The summed E-state index contributed by atoms with van der Waals surface area (Å²) in [6, 6.07) is 10.8. The molecule has 0 bridgehead atoms. The molecule has 1 aliphatic rings. The van der Waals surface area contributed by atoms with Gasteiger partial charge in [-0.05, 0) is 41.7 Å². The number of nitrogens with one attached hydrogen (secondary N) is 1. The van der Waals surface area contributed by atoms with Crippen LogP contribution in [-0.4, -0.2) is 19.1 Å². The van der Waals surface area contributed by atoms with Crippen LogP contribution in [0.2, 0.25) is 0 Å². The molecule has 0 aromatic heterocycles. The quantitative estimate of drug-likeness (QED) is 0.801. The number of benzene rings is 1. The topological polar surface area (TPSA) is 38.0 Å². The molecule has 0 radical (unpaired) electrons. The molecule has 1 aromatic carbocycles. The van der Waals surface area contributed by atoms with Gasteiger partial charge in [0.1, 0.15) is 0 Å². The minimum atomic E-state index is 0.250. The first-order valence-electron chi connectivity index (χ1n) is 7.86. The van der Waals surface area contributed by atoms with E-state index < -0.39 is 0 Å². The molecule has 3 N–H and O–H groups in total. The molecular formula is C18H30N2. The molecule has 2 heteroatoms. The minimum Gasteiger partial charge on any atom is -0.327 e. The predicted molar refractivity (Wildman–Crippen MR) is 86.7 cm³/mol. The largest absolute Gasteiger partial charge is 0.327 e. The predicted octanol–water partition coefficient (Wildman–Crippen LogP) is 3.22. The minimum absolute atomic E-state index is 0.250. The highest BCUT2D eigenvalue weighted by Gasteiger charge is 2.63. The third kappa shape index (κ3) is 3.24. The Morgan fingerprint density at radius 2 is 1.70 bits per heavy atom. The Hall–Kier alpha value is -0.860. The smallest absolute Gasteiger partial charge is 0.0168 e. The maximum absolute atomic E-state index is 6.20. The van der Waals surface area contributed by atoms with E-state index in [0.29, 0.717) is 10.8 Å². The summed E-state index contributed by atoms with van der Waals surface area (Å²) in [5.74, 6) is 0.774. The summed E-state index contributed by atoms with van der Waals surface area (Å²) in [7, 11) is 0. The molecule has 1 saturated carbocycles. The van der Waals surface area contributed by atoms with E-state index in [0.717, 1.165) is 31.8 Å². The fourth-order valence-electron chi connectivity index (χ4n) is 3.36. The lowest BCUT2D eigenvalue weighted by Gasteiger charge is -2.13. The fraction of sp³-hybridized carbons (Fsp3) is 0.667. The van der Waals surface area contributed by atoms with Crippen molar-refractivity contribution < 1.29 is 0 Å². The van der Waals surface area contributed by atoms with Crippen LogP contribution in [0.5, 0.6) is 0 Å². The molecule has 1 atom stereocenters. The molecule has 20 heavy (non-hydrogen) atoms. The molecular weight excluding hydrogens is 244 g/mol. The van der Waals surface area contributed by atoms with Gasteiger partial charge in [-0.2, -0.15) is 0 Å². The van der Waals surface area contributed by atoms with Crippen molar-refractivity contribution in [2.45, 2.75) is 46.6 Å². The van der Waals surface area contributed by atoms with Crippen LogP contribution in [0.3, 0.4) is 0 Å². The molecule has 0 aliphatic heterocycles. The van der Waals surface area contributed by atoms with Gasteiger partial charge in [0, 0.05) is 12.6 Å². The van der Waals surface area contributed by atoms with Crippen molar-refractivity contribution in [3.63, 3.8) is 0 Å². The third-order valence-electron chi connectivity index (χ3n) is 5.72. The second-order valence-corrected chi connectivity index (χ2v) is 7.44. The molecule has 1 aromatic rings. The van der Waals surface area contributed by atoms with Crippen LogP contribution in [0.15, 0.2) is 30.3 Å². The zero-order valence-electron chi connectivity index (χ0n) is 13.4. The second kappa shape index (κ2) is 5.87. The van der Waals surface area contributed by atoms with E-state index in [1.165, 1.54) is 5.56 Å². The van der Waals surface area contributed by atoms with Gasteiger partial charge in [0.05, 0.1) is 0 Å². The molecule has 1 fully saturated rings. The summed E-state index contributed by atoms with van der Waals surface area (Å²) in [5.41, 5.74) is 8.52.